The maximum Gasteiger partial charge on any atom is 0.261 e. The Kier molecular flexibility index (Phi) is 5.03. The van der Waals surface area contributed by atoms with Crippen molar-refractivity contribution in [2.45, 2.75) is 24.8 Å². The average Bonchev–Trinajstić information content (AvgIpc) is 2.61. The number of benzene rings is 2. The minimum atomic E-state index is -3.78. The van der Waals surface area contributed by atoms with Gasteiger partial charge in [-0.05, 0) is 50.2 Å². The van der Waals surface area contributed by atoms with E-state index >= 15 is 0 Å². The SMILES string of the molecule is CC(C)NC(=O)c1ccc(S(=O)(=O)Nc2ccc3c(c2)OCCO3)cc1. The number of carbonyl (C=O) groups excluding carboxylic acids is 1. The molecule has 2 aromatic rings. The highest BCUT2D eigenvalue weighted by Crippen LogP contribution is 2.33. The second kappa shape index (κ2) is 7.25. The molecule has 1 amide bonds. The topological polar surface area (TPSA) is 93.7 Å². The van der Waals surface area contributed by atoms with Crippen LogP contribution in [0.15, 0.2) is 47.4 Å². The molecule has 7 nitrogen and oxygen atoms in total. The molecule has 2 N–H and O–H groups in total. The van der Waals surface area contributed by atoms with Crippen molar-refractivity contribution in [1.82, 2.24) is 5.32 Å². The summed E-state index contributed by atoms with van der Waals surface area (Å²) < 4.78 is 38.5. The summed E-state index contributed by atoms with van der Waals surface area (Å²) in [5.41, 5.74) is 0.771. The molecule has 0 spiro atoms. The number of amides is 1. The van der Waals surface area contributed by atoms with Gasteiger partial charge in [-0.3, -0.25) is 9.52 Å². The molecule has 2 aromatic carbocycles. The number of hydrogen-bond acceptors (Lipinski definition) is 5. The van der Waals surface area contributed by atoms with Gasteiger partial charge in [-0.2, -0.15) is 0 Å². The summed E-state index contributed by atoms with van der Waals surface area (Å²) in [4.78, 5) is 12.0. The first-order chi connectivity index (χ1) is 12.3. The first kappa shape index (κ1) is 18.1. The molecule has 3 rings (SSSR count). The molecule has 26 heavy (non-hydrogen) atoms. The van der Waals surface area contributed by atoms with Crippen LogP contribution in [0, 0.1) is 0 Å². The van der Waals surface area contributed by atoms with E-state index < -0.39 is 10.0 Å². The number of anilines is 1. The van der Waals surface area contributed by atoms with Gasteiger partial charge in [-0.25, -0.2) is 8.42 Å². The van der Waals surface area contributed by atoms with E-state index in [1.807, 2.05) is 13.8 Å². The van der Waals surface area contributed by atoms with Crippen molar-refractivity contribution in [3.05, 3.63) is 48.0 Å². The highest BCUT2D eigenvalue weighted by Gasteiger charge is 2.18. The predicted octanol–water partition coefficient (Wildman–Crippen LogP) is 2.40. The maximum atomic E-state index is 12.5. The Labute approximate surface area is 152 Å². The molecule has 0 unspecified atom stereocenters. The van der Waals surface area contributed by atoms with Crippen molar-refractivity contribution in [2.24, 2.45) is 0 Å². The molecule has 0 fully saturated rings. The monoisotopic (exact) mass is 376 g/mol. The standard InChI is InChI=1S/C18H20N2O5S/c1-12(2)19-18(21)13-3-6-15(7-4-13)26(22,23)20-14-5-8-16-17(11-14)25-10-9-24-16/h3-8,11-12,20H,9-10H2,1-2H3,(H,19,21). The summed E-state index contributed by atoms with van der Waals surface area (Å²) in [5, 5.41) is 2.76. The molecule has 0 bridgehead atoms. The van der Waals surface area contributed by atoms with Crippen molar-refractivity contribution in [3.63, 3.8) is 0 Å². The van der Waals surface area contributed by atoms with Gasteiger partial charge >= 0.3 is 0 Å². The van der Waals surface area contributed by atoms with Gasteiger partial charge < -0.3 is 14.8 Å². The van der Waals surface area contributed by atoms with Gasteiger partial charge in [0.05, 0.1) is 10.6 Å². The molecule has 0 aliphatic carbocycles. The first-order valence-corrected chi connectivity index (χ1v) is 9.67. The van der Waals surface area contributed by atoms with Crippen LogP contribution >= 0.6 is 0 Å². The predicted molar refractivity (Wildman–Crippen MR) is 97.3 cm³/mol. The number of ether oxygens (including phenoxy) is 2. The third-order valence-electron chi connectivity index (χ3n) is 3.64. The van der Waals surface area contributed by atoms with Crippen molar-refractivity contribution >= 4 is 21.6 Å². The number of nitrogens with one attached hydrogen (secondary N) is 2. The summed E-state index contributed by atoms with van der Waals surface area (Å²) in [6.45, 7) is 4.60. The summed E-state index contributed by atoms with van der Waals surface area (Å²) in [6.07, 6.45) is 0. The second-order valence-electron chi connectivity index (χ2n) is 6.12. The molecular weight excluding hydrogens is 356 g/mol. The van der Waals surface area contributed by atoms with Crippen LogP contribution in [0.2, 0.25) is 0 Å². The van der Waals surface area contributed by atoms with Crippen LogP contribution in [0.3, 0.4) is 0 Å². The van der Waals surface area contributed by atoms with E-state index in [1.165, 1.54) is 24.3 Å². The van der Waals surface area contributed by atoms with Gasteiger partial charge in [0.25, 0.3) is 15.9 Å². The molecule has 8 heteroatoms. The Morgan fingerprint density at radius 2 is 1.65 bits per heavy atom. The molecular formula is C18H20N2O5S. The molecule has 1 aliphatic rings. The van der Waals surface area contributed by atoms with Gasteiger partial charge in [0.2, 0.25) is 0 Å². The summed E-state index contributed by atoms with van der Waals surface area (Å²) in [6, 6.07) is 10.6. The van der Waals surface area contributed by atoms with E-state index in [0.717, 1.165) is 0 Å². The largest absolute Gasteiger partial charge is 0.486 e. The number of hydrogen-bond donors (Lipinski definition) is 2. The Hall–Kier alpha value is -2.74. The van der Waals surface area contributed by atoms with Crippen LogP contribution in [-0.2, 0) is 10.0 Å². The maximum absolute atomic E-state index is 12.5. The van der Waals surface area contributed by atoms with Gasteiger partial charge in [0.15, 0.2) is 11.5 Å². The lowest BCUT2D eigenvalue weighted by molar-refractivity contribution is 0.0943. The summed E-state index contributed by atoms with van der Waals surface area (Å²) in [5.74, 6) is 0.834. The molecule has 138 valence electrons. The highest BCUT2D eigenvalue weighted by molar-refractivity contribution is 7.92. The average molecular weight is 376 g/mol. The lowest BCUT2D eigenvalue weighted by atomic mass is 10.2. The fourth-order valence-corrected chi connectivity index (χ4v) is 3.50. The van der Waals surface area contributed by atoms with Gasteiger partial charge in [0.1, 0.15) is 13.2 Å². The minimum Gasteiger partial charge on any atom is -0.486 e. The first-order valence-electron chi connectivity index (χ1n) is 8.18. The zero-order valence-corrected chi connectivity index (χ0v) is 15.3. The van der Waals surface area contributed by atoms with Crippen LogP contribution < -0.4 is 19.5 Å². The summed E-state index contributed by atoms with van der Waals surface area (Å²) >= 11 is 0. The molecule has 0 saturated heterocycles. The van der Waals surface area contributed by atoms with Crippen LogP contribution in [0.1, 0.15) is 24.2 Å². The number of carbonyl (C=O) groups is 1. The Balaban J connectivity index is 1.77. The minimum absolute atomic E-state index is 0.00258. The lowest BCUT2D eigenvalue weighted by Gasteiger charge is -2.19. The molecule has 0 saturated carbocycles. The van der Waals surface area contributed by atoms with E-state index in [0.29, 0.717) is 36.0 Å². The van der Waals surface area contributed by atoms with Crippen LogP contribution in [-0.4, -0.2) is 33.6 Å². The Morgan fingerprint density at radius 3 is 2.31 bits per heavy atom. The normalized spacial score (nSPS) is 13.3. The second-order valence-corrected chi connectivity index (χ2v) is 7.80. The van der Waals surface area contributed by atoms with E-state index in [1.54, 1.807) is 18.2 Å². The molecule has 1 aliphatic heterocycles. The van der Waals surface area contributed by atoms with Crippen LogP contribution in [0.4, 0.5) is 5.69 Å². The molecule has 0 aromatic heterocycles. The molecule has 1 heterocycles. The Bertz CT molecular complexity index is 908. The third kappa shape index (κ3) is 4.08. The third-order valence-corrected chi connectivity index (χ3v) is 5.04. The molecule has 0 radical (unpaired) electrons. The Morgan fingerprint density at radius 1 is 1.00 bits per heavy atom. The smallest absolute Gasteiger partial charge is 0.261 e. The van der Waals surface area contributed by atoms with E-state index in [4.69, 9.17) is 9.47 Å². The quantitative estimate of drug-likeness (QED) is 0.836. The van der Waals surface area contributed by atoms with Crippen molar-refractivity contribution in [2.75, 3.05) is 17.9 Å². The van der Waals surface area contributed by atoms with Crippen molar-refractivity contribution in [1.29, 1.82) is 0 Å². The number of sulfonamides is 1. The zero-order valence-electron chi connectivity index (χ0n) is 14.5. The van der Waals surface area contributed by atoms with E-state index in [2.05, 4.69) is 10.0 Å². The lowest BCUT2D eigenvalue weighted by Crippen LogP contribution is -2.30. The number of rotatable bonds is 5. The zero-order chi connectivity index (χ0) is 18.7. The number of fused-ring (bicyclic) bond motifs is 1. The van der Waals surface area contributed by atoms with Gasteiger partial charge in [-0.1, -0.05) is 0 Å². The van der Waals surface area contributed by atoms with E-state index in [-0.39, 0.29) is 16.8 Å². The van der Waals surface area contributed by atoms with E-state index in [9.17, 15) is 13.2 Å². The summed E-state index contributed by atoms with van der Waals surface area (Å²) in [7, 11) is -3.78. The fourth-order valence-electron chi connectivity index (χ4n) is 2.45. The van der Waals surface area contributed by atoms with Crippen LogP contribution in [0.5, 0.6) is 11.5 Å². The van der Waals surface area contributed by atoms with Gasteiger partial charge in [0, 0.05) is 17.7 Å². The van der Waals surface area contributed by atoms with Crippen molar-refractivity contribution in [3.8, 4) is 11.5 Å². The molecule has 0 atom stereocenters. The van der Waals surface area contributed by atoms with Crippen LogP contribution in [0.25, 0.3) is 0 Å². The van der Waals surface area contributed by atoms with Crippen molar-refractivity contribution < 1.29 is 22.7 Å². The fraction of sp³-hybridized carbons (Fsp3) is 0.278. The highest BCUT2D eigenvalue weighted by atomic mass is 32.2. The van der Waals surface area contributed by atoms with Gasteiger partial charge in [-0.15, -0.1) is 0 Å².